The van der Waals surface area contributed by atoms with Gasteiger partial charge in [-0.15, -0.1) is 0 Å². The Hall–Kier alpha value is -3.14. The minimum absolute atomic E-state index is 0.217. The van der Waals surface area contributed by atoms with Gasteiger partial charge in [0.25, 0.3) is 11.8 Å². The number of hydrogen-bond acceptors (Lipinski definition) is 4. The maximum atomic E-state index is 12.8. The van der Waals surface area contributed by atoms with Crippen LogP contribution in [-0.2, 0) is 13.0 Å². The molecular weight excluding hydrogens is 330 g/mol. The molecular formula is C19H21N5O2. The number of carbonyl (C=O) groups excluding carboxylic acids is 2. The van der Waals surface area contributed by atoms with Crippen molar-refractivity contribution in [3.63, 3.8) is 0 Å². The van der Waals surface area contributed by atoms with Gasteiger partial charge in [-0.2, -0.15) is 5.26 Å². The monoisotopic (exact) mass is 351 g/mol. The number of benzene rings is 1. The molecule has 26 heavy (non-hydrogen) atoms. The Morgan fingerprint density at radius 3 is 2.85 bits per heavy atom. The lowest BCUT2D eigenvalue weighted by Crippen LogP contribution is -2.26. The van der Waals surface area contributed by atoms with Crippen molar-refractivity contribution in [2.24, 2.45) is 0 Å². The molecule has 7 heteroatoms. The zero-order valence-electron chi connectivity index (χ0n) is 14.7. The summed E-state index contributed by atoms with van der Waals surface area (Å²) >= 11 is 0. The lowest BCUT2D eigenvalue weighted by molar-refractivity contribution is 0.0947. The van der Waals surface area contributed by atoms with Crippen LogP contribution in [0.15, 0.2) is 24.3 Å². The molecule has 1 aromatic carbocycles. The first-order chi connectivity index (χ1) is 12.7. The lowest BCUT2D eigenvalue weighted by atomic mass is 10.1. The van der Waals surface area contributed by atoms with E-state index in [1.165, 1.54) is 0 Å². The van der Waals surface area contributed by atoms with Crippen molar-refractivity contribution in [3.05, 3.63) is 47.0 Å². The van der Waals surface area contributed by atoms with Crippen LogP contribution in [0.25, 0.3) is 0 Å². The van der Waals surface area contributed by atoms with Crippen LogP contribution in [0, 0.1) is 11.3 Å². The molecule has 0 spiro atoms. The third-order valence-electron chi connectivity index (χ3n) is 4.37. The smallest absolute Gasteiger partial charge is 0.291 e. The van der Waals surface area contributed by atoms with Gasteiger partial charge in [0.15, 0.2) is 5.82 Å². The summed E-state index contributed by atoms with van der Waals surface area (Å²) in [7, 11) is 0. The Kier molecular flexibility index (Phi) is 5.32. The fraction of sp³-hybridized carbons (Fsp3) is 0.368. The molecule has 3 rings (SSSR count). The van der Waals surface area contributed by atoms with E-state index in [0.29, 0.717) is 30.0 Å². The van der Waals surface area contributed by atoms with Crippen LogP contribution in [0.5, 0.6) is 0 Å². The maximum absolute atomic E-state index is 12.8. The highest BCUT2D eigenvalue weighted by atomic mass is 16.2. The third-order valence-corrected chi connectivity index (χ3v) is 4.37. The van der Waals surface area contributed by atoms with E-state index in [0.717, 1.165) is 31.4 Å². The minimum Gasteiger partial charge on any atom is -0.351 e. The summed E-state index contributed by atoms with van der Waals surface area (Å²) in [5, 5.41) is 14.8. The number of rotatable bonds is 5. The number of amides is 2. The summed E-state index contributed by atoms with van der Waals surface area (Å²) in [6.45, 7) is 3.21. The number of nitrogens with zero attached hydrogens (tertiary/aromatic N) is 3. The number of imidazole rings is 1. The molecule has 0 atom stereocenters. The van der Waals surface area contributed by atoms with E-state index < -0.39 is 5.91 Å². The molecule has 2 amide bonds. The fourth-order valence-corrected chi connectivity index (χ4v) is 3.09. The van der Waals surface area contributed by atoms with Gasteiger partial charge in [0.1, 0.15) is 11.8 Å². The molecule has 2 aromatic rings. The molecule has 0 fully saturated rings. The number of para-hydroxylation sites is 1. The molecule has 0 radical (unpaired) electrons. The standard InChI is InChI=1S/C19H21N5O2/c1-2-10-21-18(25)16-15-9-5-6-11-24(15)17(23-16)19(26)22-14-8-4-3-7-13(14)12-20/h3-4,7-8H,2,5-6,9-11H2,1H3,(H,21,25)(H,22,26). The minimum atomic E-state index is -0.412. The predicted molar refractivity (Wildman–Crippen MR) is 96.9 cm³/mol. The Morgan fingerprint density at radius 1 is 1.27 bits per heavy atom. The Balaban J connectivity index is 1.92. The van der Waals surface area contributed by atoms with Crippen molar-refractivity contribution in [1.29, 1.82) is 5.26 Å². The molecule has 2 heterocycles. The van der Waals surface area contributed by atoms with E-state index in [-0.39, 0.29) is 11.7 Å². The molecule has 0 aliphatic carbocycles. The molecule has 0 unspecified atom stereocenters. The van der Waals surface area contributed by atoms with Crippen LogP contribution in [0.4, 0.5) is 5.69 Å². The normalized spacial score (nSPS) is 12.8. The Labute approximate surface area is 152 Å². The van der Waals surface area contributed by atoms with E-state index in [4.69, 9.17) is 0 Å². The second-order valence-corrected chi connectivity index (χ2v) is 6.21. The van der Waals surface area contributed by atoms with Crippen molar-refractivity contribution >= 4 is 17.5 Å². The quantitative estimate of drug-likeness (QED) is 0.864. The van der Waals surface area contributed by atoms with E-state index in [1.807, 2.05) is 11.5 Å². The first-order valence-corrected chi connectivity index (χ1v) is 8.83. The molecule has 1 aliphatic heterocycles. The number of nitriles is 1. The van der Waals surface area contributed by atoms with Crippen molar-refractivity contribution in [2.45, 2.75) is 39.2 Å². The van der Waals surface area contributed by atoms with Gasteiger partial charge < -0.3 is 15.2 Å². The van der Waals surface area contributed by atoms with E-state index in [1.54, 1.807) is 24.3 Å². The van der Waals surface area contributed by atoms with Gasteiger partial charge in [-0.05, 0) is 37.8 Å². The highest BCUT2D eigenvalue weighted by Crippen LogP contribution is 2.22. The van der Waals surface area contributed by atoms with Crippen molar-refractivity contribution in [3.8, 4) is 6.07 Å². The van der Waals surface area contributed by atoms with E-state index >= 15 is 0 Å². The van der Waals surface area contributed by atoms with Crippen molar-refractivity contribution in [2.75, 3.05) is 11.9 Å². The van der Waals surface area contributed by atoms with Crippen molar-refractivity contribution in [1.82, 2.24) is 14.9 Å². The fourth-order valence-electron chi connectivity index (χ4n) is 3.09. The Morgan fingerprint density at radius 2 is 2.08 bits per heavy atom. The van der Waals surface area contributed by atoms with E-state index in [2.05, 4.69) is 21.7 Å². The zero-order valence-corrected chi connectivity index (χ0v) is 14.7. The van der Waals surface area contributed by atoms with Crippen LogP contribution < -0.4 is 10.6 Å². The number of fused-ring (bicyclic) bond motifs is 1. The lowest BCUT2D eigenvalue weighted by Gasteiger charge is -2.17. The summed E-state index contributed by atoms with van der Waals surface area (Å²) < 4.78 is 1.83. The molecule has 1 aliphatic rings. The molecule has 0 saturated heterocycles. The second-order valence-electron chi connectivity index (χ2n) is 6.21. The summed E-state index contributed by atoms with van der Waals surface area (Å²) in [6, 6.07) is 8.86. The van der Waals surface area contributed by atoms with Gasteiger partial charge in [0, 0.05) is 13.1 Å². The highest BCUT2D eigenvalue weighted by molar-refractivity contribution is 6.04. The average molecular weight is 351 g/mol. The van der Waals surface area contributed by atoms with Gasteiger partial charge in [0.05, 0.1) is 16.9 Å². The zero-order chi connectivity index (χ0) is 18.5. The third kappa shape index (κ3) is 3.45. The van der Waals surface area contributed by atoms with Crippen LogP contribution in [0.3, 0.4) is 0 Å². The maximum Gasteiger partial charge on any atom is 0.291 e. The second kappa shape index (κ2) is 7.83. The van der Waals surface area contributed by atoms with Crippen LogP contribution in [0.1, 0.15) is 58.6 Å². The largest absolute Gasteiger partial charge is 0.351 e. The van der Waals surface area contributed by atoms with Gasteiger partial charge in [0.2, 0.25) is 0 Å². The van der Waals surface area contributed by atoms with Crippen LogP contribution in [-0.4, -0.2) is 27.9 Å². The molecule has 0 saturated carbocycles. The van der Waals surface area contributed by atoms with Gasteiger partial charge in [-0.25, -0.2) is 4.98 Å². The first kappa shape index (κ1) is 17.7. The van der Waals surface area contributed by atoms with Crippen molar-refractivity contribution < 1.29 is 9.59 Å². The van der Waals surface area contributed by atoms with Gasteiger partial charge >= 0.3 is 0 Å². The van der Waals surface area contributed by atoms with Gasteiger partial charge in [-0.3, -0.25) is 9.59 Å². The number of carbonyl (C=O) groups is 2. The topological polar surface area (TPSA) is 99.8 Å². The number of aromatic nitrogens is 2. The number of nitrogens with one attached hydrogen (secondary N) is 2. The molecule has 134 valence electrons. The molecule has 7 nitrogen and oxygen atoms in total. The SMILES string of the molecule is CCCNC(=O)c1nc(C(=O)Nc2ccccc2C#N)n2c1CCCC2. The predicted octanol–water partition coefficient (Wildman–Crippen LogP) is 2.48. The molecule has 2 N–H and O–H groups in total. The number of anilines is 1. The summed E-state index contributed by atoms with van der Waals surface area (Å²) in [6.07, 6.45) is 3.47. The average Bonchev–Trinajstić information content (AvgIpc) is 3.06. The highest BCUT2D eigenvalue weighted by Gasteiger charge is 2.27. The first-order valence-electron chi connectivity index (χ1n) is 8.83. The summed E-state index contributed by atoms with van der Waals surface area (Å²) in [5.74, 6) is -0.437. The number of hydrogen-bond donors (Lipinski definition) is 2. The van der Waals surface area contributed by atoms with Crippen LogP contribution in [0.2, 0.25) is 0 Å². The van der Waals surface area contributed by atoms with Gasteiger partial charge in [-0.1, -0.05) is 19.1 Å². The molecule has 0 bridgehead atoms. The van der Waals surface area contributed by atoms with E-state index in [9.17, 15) is 14.9 Å². The van der Waals surface area contributed by atoms with Crippen LogP contribution >= 0.6 is 0 Å². The summed E-state index contributed by atoms with van der Waals surface area (Å²) in [5.41, 5.74) is 1.96. The Bertz CT molecular complexity index is 879. The molecule has 1 aromatic heterocycles. The summed E-state index contributed by atoms with van der Waals surface area (Å²) in [4.78, 5) is 29.5.